The van der Waals surface area contributed by atoms with Crippen LogP contribution in [0.1, 0.15) is 5.69 Å². The second-order valence-corrected chi connectivity index (χ2v) is 5.38. The molecular weight excluding hydrogens is 280 g/mol. The maximum atomic E-state index is 5.70. The van der Waals surface area contributed by atoms with E-state index in [1.165, 1.54) is 0 Å². The number of hydrogen-bond donors (Lipinski definition) is 0. The van der Waals surface area contributed by atoms with Gasteiger partial charge in [0.1, 0.15) is 5.82 Å². The van der Waals surface area contributed by atoms with Gasteiger partial charge in [-0.25, -0.2) is 9.97 Å². The highest BCUT2D eigenvalue weighted by Crippen LogP contribution is 2.19. The molecule has 6 nitrogen and oxygen atoms in total. The monoisotopic (exact) mass is 300 g/mol. The molecule has 6 heteroatoms. The highest BCUT2D eigenvalue weighted by molar-refractivity contribution is 5.56. The molecular formula is C16H20N4O2. The van der Waals surface area contributed by atoms with E-state index in [9.17, 15) is 0 Å². The van der Waals surface area contributed by atoms with Crippen molar-refractivity contribution in [1.82, 2.24) is 15.0 Å². The number of aryl methyl sites for hydroxylation is 1. The number of anilines is 1. The lowest BCUT2D eigenvalue weighted by molar-refractivity contribution is -0.0837. The first-order chi connectivity index (χ1) is 10.7. The second-order valence-electron chi connectivity index (χ2n) is 5.38. The third-order valence-corrected chi connectivity index (χ3v) is 3.51. The van der Waals surface area contributed by atoms with Crippen LogP contribution in [0.3, 0.4) is 0 Å². The van der Waals surface area contributed by atoms with E-state index >= 15 is 0 Å². The van der Waals surface area contributed by atoms with Gasteiger partial charge in [-0.05, 0) is 19.1 Å². The molecule has 3 rings (SSSR count). The number of ether oxygens (including phenoxy) is 2. The first kappa shape index (κ1) is 14.9. The summed E-state index contributed by atoms with van der Waals surface area (Å²) in [4.78, 5) is 15.4. The van der Waals surface area contributed by atoms with Crippen molar-refractivity contribution in [1.29, 1.82) is 0 Å². The predicted molar refractivity (Wildman–Crippen MR) is 83.8 cm³/mol. The van der Waals surface area contributed by atoms with Crippen LogP contribution in [0, 0.1) is 6.92 Å². The van der Waals surface area contributed by atoms with Crippen LogP contribution in [-0.2, 0) is 9.47 Å². The Hall–Kier alpha value is -2.05. The Balaban J connectivity index is 1.79. The zero-order chi connectivity index (χ0) is 15.4. The van der Waals surface area contributed by atoms with E-state index in [1.807, 2.05) is 32.2 Å². The molecule has 0 saturated carbocycles. The van der Waals surface area contributed by atoms with Gasteiger partial charge in [0.15, 0.2) is 5.82 Å². The molecule has 2 aromatic rings. The van der Waals surface area contributed by atoms with Crippen LogP contribution in [-0.4, -0.2) is 54.5 Å². The normalized spacial score (nSPS) is 18.2. The van der Waals surface area contributed by atoms with Gasteiger partial charge in [0.25, 0.3) is 0 Å². The summed E-state index contributed by atoms with van der Waals surface area (Å²) < 4.78 is 11.1. The molecule has 0 amide bonds. The van der Waals surface area contributed by atoms with Gasteiger partial charge in [-0.1, -0.05) is 0 Å². The van der Waals surface area contributed by atoms with Gasteiger partial charge >= 0.3 is 0 Å². The Kier molecular flexibility index (Phi) is 4.60. The summed E-state index contributed by atoms with van der Waals surface area (Å²) in [5.41, 5.74) is 1.84. The standard InChI is InChI=1S/C16H20N4O2/c1-12-8-15(20(2)10-14-11-21-6-7-22-14)19-16(18-12)13-4-3-5-17-9-13/h3-5,8-9,14H,6-7,10-11H2,1-2H3/t14-/m1/s1. The number of likely N-dealkylation sites (N-methyl/N-ethyl adjacent to an activating group) is 1. The van der Waals surface area contributed by atoms with E-state index < -0.39 is 0 Å². The van der Waals surface area contributed by atoms with E-state index in [0.717, 1.165) is 23.6 Å². The maximum absolute atomic E-state index is 5.70. The molecule has 1 atom stereocenters. The fourth-order valence-corrected chi connectivity index (χ4v) is 2.41. The molecule has 0 spiro atoms. The third kappa shape index (κ3) is 3.58. The van der Waals surface area contributed by atoms with Gasteiger partial charge < -0.3 is 14.4 Å². The molecule has 116 valence electrons. The smallest absolute Gasteiger partial charge is 0.163 e. The summed E-state index contributed by atoms with van der Waals surface area (Å²) in [6.07, 6.45) is 3.60. The van der Waals surface area contributed by atoms with Crippen molar-refractivity contribution in [3.8, 4) is 11.4 Å². The van der Waals surface area contributed by atoms with Crippen molar-refractivity contribution in [2.24, 2.45) is 0 Å². The first-order valence-electron chi connectivity index (χ1n) is 7.39. The summed E-state index contributed by atoms with van der Waals surface area (Å²) in [6, 6.07) is 5.82. The Bertz CT molecular complexity index is 615. The molecule has 0 unspecified atom stereocenters. The van der Waals surface area contributed by atoms with Crippen LogP contribution in [0.15, 0.2) is 30.6 Å². The van der Waals surface area contributed by atoms with Gasteiger partial charge in [-0.3, -0.25) is 4.98 Å². The Morgan fingerprint density at radius 1 is 1.32 bits per heavy atom. The predicted octanol–water partition coefficient (Wildman–Crippen LogP) is 1.70. The molecule has 1 saturated heterocycles. The number of rotatable bonds is 4. The average Bonchev–Trinajstić information content (AvgIpc) is 2.56. The summed E-state index contributed by atoms with van der Waals surface area (Å²) in [5, 5.41) is 0. The van der Waals surface area contributed by atoms with Gasteiger partial charge in [0, 0.05) is 43.3 Å². The fourth-order valence-electron chi connectivity index (χ4n) is 2.41. The maximum Gasteiger partial charge on any atom is 0.163 e. The van der Waals surface area contributed by atoms with Crippen molar-refractivity contribution < 1.29 is 9.47 Å². The van der Waals surface area contributed by atoms with E-state index in [2.05, 4.69) is 19.9 Å². The van der Waals surface area contributed by atoms with Crippen LogP contribution in [0.25, 0.3) is 11.4 Å². The molecule has 0 aromatic carbocycles. The van der Waals surface area contributed by atoms with Crippen LogP contribution in [0.5, 0.6) is 0 Å². The number of aromatic nitrogens is 3. The minimum atomic E-state index is 0.0795. The van der Waals surface area contributed by atoms with Crippen LogP contribution in [0.4, 0.5) is 5.82 Å². The van der Waals surface area contributed by atoms with Crippen LogP contribution >= 0.6 is 0 Å². The van der Waals surface area contributed by atoms with Crippen molar-refractivity contribution >= 4 is 5.82 Å². The minimum absolute atomic E-state index is 0.0795. The average molecular weight is 300 g/mol. The van der Waals surface area contributed by atoms with E-state index in [-0.39, 0.29) is 6.10 Å². The first-order valence-corrected chi connectivity index (χ1v) is 7.39. The molecule has 0 N–H and O–H groups in total. The largest absolute Gasteiger partial charge is 0.376 e. The lowest BCUT2D eigenvalue weighted by atomic mass is 10.2. The molecule has 1 fully saturated rings. The third-order valence-electron chi connectivity index (χ3n) is 3.51. The van der Waals surface area contributed by atoms with E-state index in [1.54, 1.807) is 12.4 Å². The van der Waals surface area contributed by atoms with E-state index in [4.69, 9.17) is 9.47 Å². The van der Waals surface area contributed by atoms with Gasteiger partial charge in [0.05, 0.1) is 25.9 Å². The molecule has 0 bridgehead atoms. The number of nitrogens with zero attached hydrogens (tertiary/aromatic N) is 4. The number of hydrogen-bond acceptors (Lipinski definition) is 6. The SMILES string of the molecule is Cc1cc(N(C)C[C@@H]2COCCO2)nc(-c2cccnc2)n1. The van der Waals surface area contributed by atoms with Crippen molar-refractivity contribution in [3.05, 3.63) is 36.3 Å². The zero-order valence-corrected chi connectivity index (χ0v) is 12.9. The molecule has 3 heterocycles. The van der Waals surface area contributed by atoms with Crippen molar-refractivity contribution in [2.75, 3.05) is 38.3 Å². The van der Waals surface area contributed by atoms with Gasteiger partial charge in [-0.2, -0.15) is 0 Å². The summed E-state index contributed by atoms with van der Waals surface area (Å²) >= 11 is 0. The van der Waals surface area contributed by atoms with E-state index in [0.29, 0.717) is 25.6 Å². The Morgan fingerprint density at radius 3 is 2.95 bits per heavy atom. The van der Waals surface area contributed by atoms with Crippen molar-refractivity contribution in [3.63, 3.8) is 0 Å². The summed E-state index contributed by atoms with van der Waals surface area (Å²) in [5.74, 6) is 1.57. The summed E-state index contributed by atoms with van der Waals surface area (Å²) in [7, 11) is 2.01. The van der Waals surface area contributed by atoms with Crippen LogP contribution < -0.4 is 4.90 Å². The lowest BCUT2D eigenvalue weighted by Gasteiger charge is -2.28. The highest BCUT2D eigenvalue weighted by atomic mass is 16.6. The minimum Gasteiger partial charge on any atom is -0.376 e. The van der Waals surface area contributed by atoms with Crippen molar-refractivity contribution in [2.45, 2.75) is 13.0 Å². The second kappa shape index (κ2) is 6.81. The fraction of sp³-hybridized carbons (Fsp3) is 0.438. The lowest BCUT2D eigenvalue weighted by Crippen LogP contribution is -2.38. The molecule has 0 aliphatic carbocycles. The Labute approximate surface area is 130 Å². The molecule has 1 aliphatic heterocycles. The zero-order valence-electron chi connectivity index (χ0n) is 12.9. The molecule has 0 radical (unpaired) electrons. The Morgan fingerprint density at radius 2 is 2.23 bits per heavy atom. The molecule has 22 heavy (non-hydrogen) atoms. The topological polar surface area (TPSA) is 60.4 Å². The van der Waals surface area contributed by atoms with Gasteiger partial charge in [0.2, 0.25) is 0 Å². The quantitative estimate of drug-likeness (QED) is 0.856. The molecule has 1 aliphatic rings. The summed E-state index contributed by atoms with van der Waals surface area (Å²) in [6.45, 7) is 4.67. The number of pyridine rings is 1. The molecule has 2 aromatic heterocycles. The highest BCUT2D eigenvalue weighted by Gasteiger charge is 2.18. The van der Waals surface area contributed by atoms with Gasteiger partial charge in [-0.15, -0.1) is 0 Å². The van der Waals surface area contributed by atoms with Crippen LogP contribution in [0.2, 0.25) is 0 Å².